The van der Waals surface area contributed by atoms with Crippen molar-refractivity contribution in [1.29, 1.82) is 0 Å². The Kier molecular flexibility index (Phi) is 5.44. The number of carboxylic acid groups (broad SMARTS) is 1. The van der Waals surface area contributed by atoms with Gasteiger partial charge in [0, 0.05) is 6.08 Å². The smallest absolute Gasteiger partial charge is 0.328 e. The molecule has 0 aromatic rings. The van der Waals surface area contributed by atoms with Gasteiger partial charge in [0.1, 0.15) is 0 Å². The van der Waals surface area contributed by atoms with Gasteiger partial charge in [-0.25, -0.2) is 4.79 Å². The Labute approximate surface area is 80.7 Å². The van der Waals surface area contributed by atoms with E-state index in [9.17, 15) is 4.79 Å². The molecule has 0 amide bonds. The molecule has 0 spiro atoms. The lowest BCUT2D eigenvalue weighted by atomic mass is 9.93. The van der Waals surface area contributed by atoms with Crippen molar-refractivity contribution >= 4 is 5.97 Å². The number of hydrogen-bond donors (Lipinski definition) is 1. The quantitative estimate of drug-likeness (QED) is 0.667. The van der Waals surface area contributed by atoms with Crippen molar-refractivity contribution in [2.45, 2.75) is 40.5 Å². The Morgan fingerprint density at radius 2 is 1.92 bits per heavy atom. The van der Waals surface area contributed by atoms with Gasteiger partial charge in [-0.05, 0) is 31.6 Å². The number of hydrogen-bond acceptors (Lipinski definition) is 1. The average molecular weight is 184 g/mol. The second kappa shape index (κ2) is 5.79. The molecule has 2 heteroatoms. The Morgan fingerprint density at radius 3 is 2.31 bits per heavy atom. The first kappa shape index (κ1) is 12.2. The first-order valence-electron chi connectivity index (χ1n) is 4.82. The van der Waals surface area contributed by atoms with Gasteiger partial charge in [0.25, 0.3) is 0 Å². The summed E-state index contributed by atoms with van der Waals surface area (Å²) in [6.45, 7) is 8.42. The minimum atomic E-state index is -0.839. The lowest BCUT2D eigenvalue weighted by Crippen LogP contribution is -2.01. The molecule has 0 rings (SSSR count). The SMILES string of the molecule is CC(=CC(=O)O)CC(C)CC(C)C. The van der Waals surface area contributed by atoms with Gasteiger partial charge >= 0.3 is 5.97 Å². The first-order chi connectivity index (χ1) is 5.91. The minimum absolute atomic E-state index is 0.579. The molecule has 2 nitrogen and oxygen atoms in total. The molecular weight excluding hydrogens is 164 g/mol. The van der Waals surface area contributed by atoms with E-state index < -0.39 is 5.97 Å². The average Bonchev–Trinajstić information content (AvgIpc) is 1.80. The summed E-state index contributed by atoms with van der Waals surface area (Å²) in [4.78, 5) is 10.3. The molecule has 0 aromatic heterocycles. The van der Waals surface area contributed by atoms with Crippen LogP contribution < -0.4 is 0 Å². The monoisotopic (exact) mass is 184 g/mol. The van der Waals surface area contributed by atoms with Crippen LogP contribution >= 0.6 is 0 Å². The predicted octanol–water partition coefficient (Wildman–Crippen LogP) is 3.09. The molecule has 0 radical (unpaired) electrons. The van der Waals surface area contributed by atoms with Crippen LogP contribution in [0.4, 0.5) is 0 Å². The summed E-state index contributed by atoms with van der Waals surface area (Å²) in [6.07, 6.45) is 3.35. The second-order valence-electron chi connectivity index (χ2n) is 4.27. The number of aliphatic carboxylic acids is 1. The predicted molar refractivity (Wildman–Crippen MR) is 54.6 cm³/mol. The largest absolute Gasteiger partial charge is 0.478 e. The number of rotatable bonds is 5. The summed E-state index contributed by atoms with van der Waals surface area (Å²) in [7, 11) is 0. The van der Waals surface area contributed by atoms with E-state index in [0.29, 0.717) is 11.8 Å². The summed E-state index contributed by atoms with van der Waals surface area (Å²) in [5, 5.41) is 8.50. The second-order valence-corrected chi connectivity index (χ2v) is 4.27. The van der Waals surface area contributed by atoms with E-state index in [-0.39, 0.29) is 0 Å². The number of carbonyl (C=O) groups is 1. The van der Waals surface area contributed by atoms with Gasteiger partial charge in [-0.1, -0.05) is 26.3 Å². The molecule has 0 saturated carbocycles. The van der Waals surface area contributed by atoms with Gasteiger partial charge in [-0.2, -0.15) is 0 Å². The van der Waals surface area contributed by atoms with Crippen molar-refractivity contribution in [2.24, 2.45) is 11.8 Å². The van der Waals surface area contributed by atoms with E-state index in [4.69, 9.17) is 5.11 Å². The number of allylic oxidation sites excluding steroid dienone is 1. The van der Waals surface area contributed by atoms with Crippen LogP contribution in [0.25, 0.3) is 0 Å². The van der Waals surface area contributed by atoms with Crippen molar-refractivity contribution < 1.29 is 9.90 Å². The summed E-state index contributed by atoms with van der Waals surface area (Å²) >= 11 is 0. The highest BCUT2D eigenvalue weighted by Crippen LogP contribution is 2.18. The van der Waals surface area contributed by atoms with E-state index in [1.807, 2.05) is 6.92 Å². The van der Waals surface area contributed by atoms with Gasteiger partial charge in [0.2, 0.25) is 0 Å². The van der Waals surface area contributed by atoms with E-state index in [1.165, 1.54) is 6.08 Å². The van der Waals surface area contributed by atoms with Crippen LogP contribution in [0.15, 0.2) is 11.6 Å². The molecule has 0 aliphatic heterocycles. The van der Waals surface area contributed by atoms with Crippen LogP contribution in [0.3, 0.4) is 0 Å². The standard InChI is InChI=1S/C11H20O2/c1-8(2)5-9(3)6-10(4)7-11(12)13/h7-9H,5-6H2,1-4H3,(H,12,13). The van der Waals surface area contributed by atoms with Crippen molar-refractivity contribution in [1.82, 2.24) is 0 Å². The lowest BCUT2D eigenvalue weighted by molar-refractivity contribution is -0.131. The third-order valence-electron chi connectivity index (χ3n) is 1.91. The van der Waals surface area contributed by atoms with Crippen LogP contribution in [-0.4, -0.2) is 11.1 Å². The zero-order valence-corrected chi connectivity index (χ0v) is 9.00. The summed E-state index contributed by atoms with van der Waals surface area (Å²) in [5.41, 5.74) is 0.959. The summed E-state index contributed by atoms with van der Waals surface area (Å²) < 4.78 is 0. The van der Waals surface area contributed by atoms with E-state index in [2.05, 4.69) is 20.8 Å². The van der Waals surface area contributed by atoms with Crippen LogP contribution in [-0.2, 0) is 4.79 Å². The highest BCUT2D eigenvalue weighted by molar-refractivity contribution is 5.80. The van der Waals surface area contributed by atoms with E-state index in [1.54, 1.807) is 0 Å². The fraction of sp³-hybridized carbons (Fsp3) is 0.727. The minimum Gasteiger partial charge on any atom is -0.478 e. The van der Waals surface area contributed by atoms with Gasteiger partial charge in [0.05, 0.1) is 0 Å². The normalized spacial score (nSPS) is 14.7. The maximum atomic E-state index is 10.3. The van der Waals surface area contributed by atoms with Crippen molar-refractivity contribution in [2.75, 3.05) is 0 Å². The van der Waals surface area contributed by atoms with Gasteiger partial charge in [-0.3, -0.25) is 0 Å². The molecule has 0 bridgehead atoms. The Hall–Kier alpha value is -0.790. The Bertz CT molecular complexity index is 192. The molecule has 76 valence electrons. The molecule has 0 aliphatic carbocycles. The van der Waals surface area contributed by atoms with E-state index >= 15 is 0 Å². The maximum Gasteiger partial charge on any atom is 0.328 e. The molecule has 0 heterocycles. The highest BCUT2D eigenvalue weighted by atomic mass is 16.4. The number of carboxylic acids is 1. The third kappa shape index (κ3) is 7.57. The fourth-order valence-corrected chi connectivity index (χ4v) is 1.71. The maximum absolute atomic E-state index is 10.3. The van der Waals surface area contributed by atoms with Gasteiger partial charge < -0.3 is 5.11 Å². The Morgan fingerprint density at radius 1 is 1.38 bits per heavy atom. The highest BCUT2D eigenvalue weighted by Gasteiger charge is 2.06. The van der Waals surface area contributed by atoms with Gasteiger partial charge in [-0.15, -0.1) is 0 Å². The first-order valence-corrected chi connectivity index (χ1v) is 4.82. The summed E-state index contributed by atoms with van der Waals surface area (Å²) in [5.74, 6) is 0.428. The molecule has 1 atom stereocenters. The van der Waals surface area contributed by atoms with Crippen LogP contribution in [0.5, 0.6) is 0 Å². The molecule has 0 aliphatic rings. The topological polar surface area (TPSA) is 37.3 Å². The molecule has 0 fully saturated rings. The molecule has 0 saturated heterocycles. The molecule has 1 unspecified atom stereocenters. The third-order valence-corrected chi connectivity index (χ3v) is 1.91. The zero-order valence-electron chi connectivity index (χ0n) is 9.00. The van der Waals surface area contributed by atoms with Crippen molar-refractivity contribution in [3.63, 3.8) is 0 Å². The van der Waals surface area contributed by atoms with Crippen LogP contribution in [0, 0.1) is 11.8 Å². The van der Waals surface area contributed by atoms with Crippen LogP contribution in [0.2, 0.25) is 0 Å². The Balaban J connectivity index is 3.91. The summed E-state index contributed by atoms with van der Waals surface area (Å²) in [6, 6.07) is 0. The van der Waals surface area contributed by atoms with Crippen molar-refractivity contribution in [3.8, 4) is 0 Å². The molecular formula is C11H20O2. The van der Waals surface area contributed by atoms with Gasteiger partial charge in [0.15, 0.2) is 0 Å². The van der Waals surface area contributed by atoms with Crippen molar-refractivity contribution in [3.05, 3.63) is 11.6 Å². The van der Waals surface area contributed by atoms with Crippen LogP contribution in [0.1, 0.15) is 40.5 Å². The zero-order chi connectivity index (χ0) is 10.4. The molecule has 1 N–H and O–H groups in total. The van der Waals surface area contributed by atoms with E-state index in [0.717, 1.165) is 18.4 Å². The molecule has 13 heavy (non-hydrogen) atoms. The fourth-order valence-electron chi connectivity index (χ4n) is 1.71. The molecule has 0 aromatic carbocycles. The lowest BCUT2D eigenvalue weighted by Gasteiger charge is -2.13.